The van der Waals surface area contributed by atoms with Crippen LogP contribution in [-0.4, -0.2) is 92.4 Å². The summed E-state index contributed by atoms with van der Waals surface area (Å²) in [6.07, 6.45) is 0.145. The highest BCUT2D eigenvalue weighted by atomic mass is 28.4. The minimum Gasteiger partial charge on any atom is -0.374 e. The molecule has 0 aromatic rings. The molecule has 14 heteroatoms. The van der Waals surface area contributed by atoms with Gasteiger partial charge in [-0.2, -0.15) is 0 Å². The summed E-state index contributed by atoms with van der Waals surface area (Å²) in [6, 6.07) is 0.552. The molecular weight excluding hydrogens is 508 g/mol. The van der Waals surface area contributed by atoms with Crippen molar-refractivity contribution in [1.29, 1.82) is 0 Å². The van der Waals surface area contributed by atoms with Gasteiger partial charge in [-0.05, 0) is 68.7 Å². The average Bonchev–Trinajstić information content (AvgIpc) is 2.79. The Kier molecular flexibility index (Phi) is 20.3. The first-order valence-corrected chi connectivity index (χ1v) is 18.5. The van der Waals surface area contributed by atoms with Crippen LogP contribution in [0.2, 0.25) is 6.04 Å². The van der Waals surface area contributed by atoms with Crippen LogP contribution in [0.25, 0.3) is 0 Å². The van der Waals surface area contributed by atoms with Crippen LogP contribution >= 0.6 is 0 Å². The van der Waals surface area contributed by atoms with Crippen molar-refractivity contribution in [1.82, 2.24) is 9.96 Å². The van der Waals surface area contributed by atoms with E-state index in [-0.39, 0.29) is 0 Å². The zero-order valence-corrected chi connectivity index (χ0v) is 26.5. The Morgan fingerprint density at radius 3 is 0.914 bits per heavy atom. The zero-order chi connectivity index (χ0) is 26.6. The van der Waals surface area contributed by atoms with E-state index in [1.54, 1.807) is 0 Å². The number of nitrogens with one attached hydrogen (secondary N) is 2. The van der Waals surface area contributed by atoms with Crippen LogP contribution in [0.5, 0.6) is 0 Å². The predicted octanol–water partition coefficient (Wildman–Crippen LogP) is 3.02. The fraction of sp³-hybridized carbons (Fsp3) is 1.00. The summed E-state index contributed by atoms with van der Waals surface area (Å²) in [6.45, 7) is 21.5. The lowest BCUT2D eigenvalue weighted by molar-refractivity contribution is 0.0394. The van der Waals surface area contributed by atoms with Gasteiger partial charge in [0.1, 0.15) is 0 Å². The van der Waals surface area contributed by atoms with Gasteiger partial charge in [-0.3, -0.25) is 9.96 Å². The van der Waals surface area contributed by atoms with Gasteiger partial charge in [0.05, 0.1) is 6.17 Å². The quantitative estimate of drug-likeness (QED) is 0.127. The monoisotopic (exact) mass is 560 g/mol. The van der Waals surface area contributed by atoms with E-state index < -0.39 is 32.9 Å². The summed E-state index contributed by atoms with van der Waals surface area (Å²) >= 11 is 0. The Morgan fingerprint density at radius 1 is 0.429 bits per heavy atom. The average molecular weight is 561 g/mol. The van der Waals surface area contributed by atoms with Gasteiger partial charge in [0, 0.05) is 65.5 Å². The molecule has 0 unspecified atom stereocenters. The van der Waals surface area contributed by atoms with Crippen molar-refractivity contribution in [2.24, 2.45) is 0 Å². The molecule has 0 saturated heterocycles. The smallest absolute Gasteiger partial charge is 0.374 e. The van der Waals surface area contributed by atoms with Crippen LogP contribution in [0, 0.1) is 0 Å². The third kappa shape index (κ3) is 13.0. The molecule has 0 aliphatic rings. The summed E-state index contributed by atoms with van der Waals surface area (Å²) < 4.78 is 54.6. The minimum atomic E-state index is -3.24. The van der Waals surface area contributed by atoms with E-state index in [1.807, 2.05) is 62.3 Å². The first kappa shape index (κ1) is 35.2. The van der Waals surface area contributed by atoms with Gasteiger partial charge < -0.3 is 39.8 Å². The van der Waals surface area contributed by atoms with Gasteiger partial charge >= 0.3 is 26.7 Å². The number of hydrogen-bond acceptors (Lipinski definition) is 11. The second-order valence-corrected chi connectivity index (χ2v) is 14.3. The second kappa shape index (κ2) is 20.2. The molecule has 0 amide bonds. The highest BCUT2D eigenvalue weighted by Gasteiger charge is 2.50. The molecule has 0 heterocycles. The van der Waals surface area contributed by atoms with Crippen LogP contribution in [0.3, 0.4) is 0 Å². The standard InChI is InChI=1S/C21H52N2O9Si3/c1-10-24-33(25-11-2,26-12-3)20-19-21(22-34(27-13-4,28-14-5)29-15-6)23-35(30-16-7,31-17-8)32-18-9/h21-23H,10-20H2,1-9H3. The molecule has 0 aliphatic heterocycles. The number of hydrogen-bond donors (Lipinski definition) is 2. The largest absolute Gasteiger partial charge is 0.598 e. The third-order valence-corrected chi connectivity index (χ3v) is 13.0. The van der Waals surface area contributed by atoms with Gasteiger partial charge in [-0.1, -0.05) is 0 Å². The zero-order valence-electron chi connectivity index (χ0n) is 23.5. The van der Waals surface area contributed by atoms with Crippen LogP contribution in [-0.2, 0) is 39.8 Å². The first-order chi connectivity index (χ1) is 16.8. The Morgan fingerprint density at radius 2 is 0.686 bits per heavy atom. The molecular formula is C21H52N2O9Si3. The second-order valence-electron chi connectivity index (χ2n) is 7.07. The molecule has 0 fully saturated rings. The van der Waals surface area contributed by atoms with Crippen molar-refractivity contribution in [3.05, 3.63) is 0 Å². The molecule has 0 rings (SSSR count). The summed E-state index contributed by atoms with van der Waals surface area (Å²) in [5.74, 6) is 0. The van der Waals surface area contributed by atoms with Crippen molar-refractivity contribution in [3.8, 4) is 0 Å². The van der Waals surface area contributed by atoms with Gasteiger partial charge in [0.15, 0.2) is 0 Å². The Hall–Kier alpha value is 0.211. The maximum absolute atomic E-state index is 6.08. The molecule has 0 aromatic carbocycles. The normalized spacial score (nSPS) is 13.2. The molecule has 11 nitrogen and oxygen atoms in total. The van der Waals surface area contributed by atoms with Gasteiger partial charge in [0.2, 0.25) is 0 Å². The van der Waals surface area contributed by atoms with Crippen molar-refractivity contribution in [2.45, 2.75) is 80.9 Å². The SMILES string of the molecule is CCO[Si](CCC(N[Si](OCC)(OCC)OCC)N[Si](OCC)(OCC)OCC)(OCC)OCC. The van der Waals surface area contributed by atoms with Gasteiger partial charge in [0.25, 0.3) is 0 Å². The predicted molar refractivity (Wildman–Crippen MR) is 141 cm³/mol. The van der Waals surface area contributed by atoms with Crippen molar-refractivity contribution in [3.63, 3.8) is 0 Å². The van der Waals surface area contributed by atoms with E-state index in [2.05, 4.69) is 9.96 Å². The first-order valence-electron chi connectivity index (χ1n) is 13.1. The minimum absolute atomic E-state index is 0.407. The van der Waals surface area contributed by atoms with E-state index >= 15 is 0 Å². The fourth-order valence-corrected chi connectivity index (χ4v) is 10.9. The van der Waals surface area contributed by atoms with Crippen molar-refractivity contribution in [2.75, 3.05) is 59.5 Å². The number of rotatable bonds is 25. The van der Waals surface area contributed by atoms with Crippen molar-refractivity contribution < 1.29 is 39.8 Å². The molecule has 0 aromatic heterocycles. The lowest BCUT2D eigenvalue weighted by atomic mass is 10.4. The highest BCUT2D eigenvalue weighted by Crippen LogP contribution is 2.21. The summed E-state index contributed by atoms with van der Waals surface area (Å²) in [5, 5.41) is 0. The molecule has 0 bridgehead atoms. The van der Waals surface area contributed by atoms with Crippen LogP contribution < -0.4 is 9.96 Å². The summed E-state index contributed by atoms with van der Waals surface area (Å²) in [4.78, 5) is 7.02. The van der Waals surface area contributed by atoms with E-state index in [0.29, 0.717) is 71.9 Å². The molecule has 0 saturated carbocycles. The molecule has 212 valence electrons. The topological polar surface area (TPSA) is 107 Å². The van der Waals surface area contributed by atoms with E-state index in [9.17, 15) is 0 Å². The van der Waals surface area contributed by atoms with Gasteiger partial charge in [-0.25, -0.2) is 0 Å². The highest BCUT2D eigenvalue weighted by molar-refractivity contribution is 6.61. The Balaban J connectivity index is 6.20. The molecule has 35 heavy (non-hydrogen) atoms. The maximum atomic E-state index is 6.08. The lowest BCUT2D eigenvalue weighted by Crippen LogP contribution is -2.71. The molecule has 2 N–H and O–H groups in total. The Bertz CT molecular complexity index is 434. The van der Waals surface area contributed by atoms with Crippen LogP contribution in [0.15, 0.2) is 0 Å². The molecule has 0 radical (unpaired) electrons. The van der Waals surface area contributed by atoms with Gasteiger partial charge in [-0.15, -0.1) is 0 Å². The summed E-state index contributed by atoms with van der Waals surface area (Å²) in [7, 11) is -9.40. The Labute approximate surface area is 217 Å². The van der Waals surface area contributed by atoms with E-state index in [1.165, 1.54) is 0 Å². The molecule has 0 aliphatic carbocycles. The van der Waals surface area contributed by atoms with E-state index in [0.717, 1.165) is 0 Å². The van der Waals surface area contributed by atoms with E-state index in [4.69, 9.17) is 39.8 Å². The molecule has 0 atom stereocenters. The fourth-order valence-electron chi connectivity index (χ4n) is 3.57. The maximum Gasteiger partial charge on any atom is 0.598 e. The third-order valence-electron chi connectivity index (χ3n) is 4.54. The van der Waals surface area contributed by atoms with Crippen LogP contribution in [0.4, 0.5) is 0 Å². The lowest BCUT2D eigenvalue weighted by Gasteiger charge is -2.38. The molecule has 0 spiro atoms. The summed E-state index contributed by atoms with van der Waals surface area (Å²) in [5.41, 5.74) is 0. The van der Waals surface area contributed by atoms with Crippen molar-refractivity contribution >= 4 is 26.7 Å². The van der Waals surface area contributed by atoms with Crippen LogP contribution in [0.1, 0.15) is 68.7 Å².